The van der Waals surface area contributed by atoms with Gasteiger partial charge in [-0.15, -0.1) is 0 Å². The fourth-order valence-electron chi connectivity index (χ4n) is 4.67. The summed E-state index contributed by atoms with van der Waals surface area (Å²) in [4.78, 5) is 38.9. The number of benzene rings is 1. The summed E-state index contributed by atoms with van der Waals surface area (Å²) < 4.78 is 2.01. The number of carbonyl (C=O) groups excluding carboxylic acids is 2. The van der Waals surface area contributed by atoms with Crippen LogP contribution in [0.4, 0.5) is 0 Å². The minimum Gasteiger partial charge on any atom is -0.339 e. The van der Waals surface area contributed by atoms with Crippen LogP contribution in [-0.2, 0) is 10.2 Å². The van der Waals surface area contributed by atoms with E-state index in [4.69, 9.17) is 0 Å². The summed E-state index contributed by atoms with van der Waals surface area (Å²) in [5, 5.41) is 2.90. The minimum absolute atomic E-state index is 0.118. The Kier molecular flexibility index (Phi) is 6.36. The van der Waals surface area contributed by atoms with E-state index in [0.29, 0.717) is 17.9 Å². The smallest absolute Gasteiger partial charge is 0.326 e. The molecule has 0 spiro atoms. The summed E-state index contributed by atoms with van der Waals surface area (Å²) in [5.74, 6) is 1.18. The molecule has 1 aromatic carbocycles. The average Bonchev–Trinajstić information content (AvgIpc) is 3.30. The standard InChI is InChI=1S/C28H30N6O2/c1-28(2,27(36)33-16-14-32(3)15-17-33)23-7-4-21(5-8-23)26(35)31-24-19-34-18-22(6-9-25(34)30-24)20-10-12-29-13-11-20/h4-13,19H,14-18H2,1-3H3/p+1. The lowest BCUT2D eigenvalue weighted by Gasteiger charge is -2.37. The number of aliphatic imine (C=N–C) groups is 1. The molecule has 0 unspecified atom stereocenters. The fraction of sp³-hybridized carbons (Fsp3) is 0.321. The van der Waals surface area contributed by atoms with Gasteiger partial charge in [-0.1, -0.05) is 12.1 Å². The van der Waals surface area contributed by atoms with Gasteiger partial charge in [-0.25, -0.2) is 4.58 Å². The van der Waals surface area contributed by atoms with Crippen LogP contribution in [0.3, 0.4) is 0 Å². The first-order chi connectivity index (χ1) is 17.3. The van der Waals surface area contributed by atoms with Crippen LogP contribution < -0.4 is 5.32 Å². The number of piperazine rings is 1. The van der Waals surface area contributed by atoms with Gasteiger partial charge in [-0.3, -0.25) is 19.9 Å². The number of amidine groups is 1. The molecule has 1 fully saturated rings. The Morgan fingerprint density at radius 2 is 1.67 bits per heavy atom. The molecule has 1 N–H and O–H groups in total. The second-order valence-corrected chi connectivity index (χ2v) is 9.96. The van der Waals surface area contributed by atoms with Gasteiger partial charge in [0.1, 0.15) is 6.54 Å². The number of rotatable bonds is 4. The Labute approximate surface area is 211 Å². The number of hydrogen-bond donors (Lipinski definition) is 1. The van der Waals surface area contributed by atoms with E-state index >= 15 is 0 Å². The fourth-order valence-corrected chi connectivity index (χ4v) is 4.67. The van der Waals surface area contributed by atoms with Gasteiger partial charge in [-0.2, -0.15) is 0 Å². The number of hydrogen-bond acceptors (Lipinski definition) is 5. The third-order valence-electron chi connectivity index (χ3n) is 7.07. The lowest BCUT2D eigenvalue weighted by Crippen LogP contribution is -2.52. The third-order valence-corrected chi connectivity index (χ3v) is 7.07. The highest BCUT2D eigenvalue weighted by atomic mass is 16.2. The highest BCUT2D eigenvalue weighted by molar-refractivity contribution is 6.33. The molecule has 36 heavy (non-hydrogen) atoms. The molecule has 5 rings (SSSR count). The lowest BCUT2D eigenvalue weighted by atomic mass is 9.82. The molecule has 8 heteroatoms. The van der Waals surface area contributed by atoms with Gasteiger partial charge >= 0.3 is 5.82 Å². The Hall–Kier alpha value is -3.91. The van der Waals surface area contributed by atoms with Crippen molar-refractivity contribution < 1.29 is 14.2 Å². The number of nitrogens with zero attached hydrogens (tertiary/aromatic N) is 5. The second kappa shape index (κ2) is 9.62. The zero-order valence-corrected chi connectivity index (χ0v) is 20.9. The van der Waals surface area contributed by atoms with Gasteiger partial charge in [0, 0.05) is 55.8 Å². The quantitative estimate of drug-likeness (QED) is 0.677. The second-order valence-electron chi connectivity index (χ2n) is 9.96. The summed E-state index contributed by atoms with van der Waals surface area (Å²) in [7, 11) is 2.07. The van der Waals surface area contributed by atoms with Crippen LogP contribution in [0, 0.1) is 0 Å². The molecular weight excluding hydrogens is 452 g/mol. The molecule has 2 aromatic rings. The van der Waals surface area contributed by atoms with Crippen molar-refractivity contribution in [3.05, 3.63) is 83.5 Å². The van der Waals surface area contributed by atoms with Crippen molar-refractivity contribution in [2.75, 3.05) is 39.8 Å². The predicted octanol–water partition coefficient (Wildman–Crippen LogP) is 2.30. The SMILES string of the molecule is CN1CCN(C(=O)C(C)(C)c2ccc(C(=O)NC3=NC4=CC=C(c5ccncc5)C[N+]4=C3)cc2)CC1. The van der Waals surface area contributed by atoms with Crippen LogP contribution in [0.25, 0.3) is 5.57 Å². The number of pyridine rings is 1. The van der Waals surface area contributed by atoms with Crippen molar-refractivity contribution in [2.24, 2.45) is 4.99 Å². The van der Waals surface area contributed by atoms with E-state index in [2.05, 4.69) is 27.2 Å². The summed E-state index contributed by atoms with van der Waals surface area (Å²) in [6, 6.07) is 11.3. The predicted molar refractivity (Wildman–Crippen MR) is 140 cm³/mol. The highest BCUT2D eigenvalue weighted by Crippen LogP contribution is 2.27. The first-order valence-electron chi connectivity index (χ1n) is 12.2. The van der Waals surface area contributed by atoms with Crippen LogP contribution in [0.1, 0.15) is 35.3 Å². The number of aromatic nitrogens is 1. The van der Waals surface area contributed by atoms with Gasteiger partial charge in [-0.05, 0) is 67.4 Å². The molecule has 0 saturated carbocycles. The molecule has 8 nitrogen and oxygen atoms in total. The number of fused-ring (bicyclic) bond motifs is 1. The maximum absolute atomic E-state index is 13.2. The number of nitrogens with one attached hydrogen (secondary N) is 1. The zero-order valence-electron chi connectivity index (χ0n) is 20.9. The van der Waals surface area contributed by atoms with Gasteiger partial charge in [0.2, 0.25) is 5.91 Å². The van der Waals surface area contributed by atoms with Crippen LogP contribution in [0.15, 0.2) is 71.8 Å². The number of carbonyl (C=O) groups is 2. The van der Waals surface area contributed by atoms with Crippen LogP contribution >= 0.6 is 0 Å². The summed E-state index contributed by atoms with van der Waals surface area (Å²) >= 11 is 0. The van der Waals surface area contributed by atoms with Crippen LogP contribution in [0.2, 0.25) is 0 Å². The molecular formula is C28H31N6O2+. The largest absolute Gasteiger partial charge is 0.339 e. The molecule has 1 saturated heterocycles. The van der Waals surface area contributed by atoms with E-state index in [1.54, 1.807) is 24.5 Å². The van der Waals surface area contributed by atoms with E-state index in [9.17, 15) is 9.59 Å². The normalized spacial score (nSPS) is 18.0. The first kappa shape index (κ1) is 23.8. The summed E-state index contributed by atoms with van der Waals surface area (Å²) in [5.41, 5.74) is 3.02. The minimum atomic E-state index is -0.663. The molecule has 0 radical (unpaired) electrons. The molecule has 0 atom stereocenters. The van der Waals surface area contributed by atoms with Crippen LogP contribution in [-0.4, -0.2) is 83.0 Å². The van der Waals surface area contributed by atoms with Crippen molar-refractivity contribution in [3.8, 4) is 0 Å². The van der Waals surface area contributed by atoms with Crippen molar-refractivity contribution in [1.82, 2.24) is 20.1 Å². The monoisotopic (exact) mass is 483 g/mol. The Bertz CT molecular complexity index is 1300. The Balaban J connectivity index is 1.23. The maximum Gasteiger partial charge on any atom is 0.326 e. The summed E-state index contributed by atoms with van der Waals surface area (Å²) in [6.45, 7) is 7.82. The topological polar surface area (TPSA) is 80.9 Å². The van der Waals surface area contributed by atoms with E-state index in [-0.39, 0.29) is 11.8 Å². The van der Waals surface area contributed by atoms with Gasteiger partial charge in [0.15, 0.2) is 6.21 Å². The molecule has 3 aliphatic rings. The third kappa shape index (κ3) is 4.77. The van der Waals surface area contributed by atoms with Gasteiger partial charge in [0.05, 0.1) is 5.41 Å². The lowest BCUT2D eigenvalue weighted by molar-refractivity contribution is -0.455. The number of likely N-dealkylation sites (N-methyl/N-ethyl adjacent to an activating group) is 1. The van der Waals surface area contributed by atoms with Crippen molar-refractivity contribution in [1.29, 1.82) is 0 Å². The van der Waals surface area contributed by atoms with Crippen molar-refractivity contribution in [2.45, 2.75) is 19.3 Å². The molecule has 4 heterocycles. The molecule has 0 aliphatic carbocycles. The van der Waals surface area contributed by atoms with E-state index in [1.165, 1.54) is 0 Å². The average molecular weight is 484 g/mol. The van der Waals surface area contributed by atoms with Crippen molar-refractivity contribution in [3.63, 3.8) is 0 Å². The van der Waals surface area contributed by atoms with E-state index in [0.717, 1.165) is 48.7 Å². The van der Waals surface area contributed by atoms with Gasteiger partial charge < -0.3 is 9.80 Å². The first-order valence-corrected chi connectivity index (χ1v) is 12.2. The molecule has 184 valence electrons. The summed E-state index contributed by atoms with van der Waals surface area (Å²) in [6.07, 6.45) is 9.40. The Morgan fingerprint density at radius 3 is 2.36 bits per heavy atom. The van der Waals surface area contributed by atoms with Crippen LogP contribution in [0.5, 0.6) is 0 Å². The van der Waals surface area contributed by atoms with E-state index < -0.39 is 5.41 Å². The Morgan fingerprint density at radius 1 is 0.972 bits per heavy atom. The highest BCUT2D eigenvalue weighted by Gasteiger charge is 2.35. The zero-order chi connectivity index (χ0) is 25.3. The molecule has 1 aromatic heterocycles. The van der Waals surface area contributed by atoms with Gasteiger partial charge in [0.25, 0.3) is 11.7 Å². The maximum atomic E-state index is 13.2. The number of amides is 2. The molecule has 2 amide bonds. The number of allylic oxidation sites excluding steroid dienone is 2. The molecule has 3 aliphatic heterocycles. The molecule has 0 bridgehead atoms. The van der Waals surface area contributed by atoms with Crippen molar-refractivity contribution >= 4 is 29.4 Å². The van der Waals surface area contributed by atoms with E-state index in [1.807, 2.05) is 66.0 Å².